The summed E-state index contributed by atoms with van der Waals surface area (Å²) in [5.74, 6) is 1.04. The first-order valence-electron chi connectivity index (χ1n) is 5.52. The second-order valence-electron chi connectivity index (χ2n) is 4.64. The van der Waals surface area contributed by atoms with Gasteiger partial charge >= 0.3 is 0 Å². The normalized spacial score (nSPS) is 28.3. The van der Waals surface area contributed by atoms with Gasteiger partial charge in [-0.3, -0.25) is 0 Å². The molecule has 15 heavy (non-hydrogen) atoms. The molecular weight excluding hydrogens is 278 g/mol. The maximum absolute atomic E-state index is 11.5. The predicted octanol–water partition coefficient (Wildman–Crippen LogP) is 2.47. The van der Waals surface area contributed by atoms with Gasteiger partial charge < -0.3 is 0 Å². The zero-order chi connectivity index (χ0) is 11.5. The van der Waals surface area contributed by atoms with Crippen LogP contribution in [-0.2, 0) is 10.0 Å². The summed E-state index contributed by atoms with van der Waals surface area (Å²) in [6, 6.07) is 0.140. The highest BCUT2D eigenvalue weighted by Crippen LogP contribution is 2.30. The lowest BCUT2D eigenvalue weighted by atomic mass is 9.78. The number of halogens is 1. The van der Waals surface area contributed by atoms with Gasteiger partial charge in [-0.2, -0.15) is 0 Å². The third-order valence-electron chi connectivity index (χ3n) is 3.15. The van der Waals surface area contributed by atoms with E-state index in [1.165, 1.54) is 6.42 Å². The first-order chi connectivity index (χ1) is 6.96. The van der Waals surface area contributed by atoms with Crippen LogP contribution < -0.4 is 4.72 Å². The molecule has 1 rings (SSSR count). The van der Waals surface area contributed by atoms with Crippen molar-refractivity contribution in [3.8, 4) is 0 Å². The lowest BCUT2D eigenvalue weighted by Gasteiger charge is -2.34. The summed E-state index contributed by atoms with van der Waals surface area (Å²) in [5, 5.41) is 0. The molecule has 0 aromatic heterocycles. The first-order valence-corrected chi connectivity index (χ1v) is 8.29. The van der Waals surface area contributed by atoms with Crippen molar-refractivity contribution in [2.24, 2.45) is 11.8 Å². The summed E-state index contributed by atoms with van der Waals surface area (Å²) in [6.45, 7) is 4.34. The van der Waals surface area contributed by atoms with Gasteiger partial charge in [0.15, 0.2) is 0 Å². The van der Waals surface area contributed by atoms with Crippen LogP contribution in [-0.4, -0.2) is 19.1 Å². The van der Waals surface area contributed by atoms with Gasteiger partial charge in [-0.05, 0) is 24.7 Å². The Balaban J connectivity index is 2.65. The SMILES string of the molecule is CC(C)C1CCCCC1NS(=O)(=O)CBr. The zero-order valence-electron chi connectivity index (χ0n) is 9.37. The largest absolute Gasteiger partial charge is 0.221 e. The Morgan fingerprint density at radius 2 is 1.93 bits per heavy atom. The van der Waals surface area contributed by atoms with Crippen LogP contribution in [0.1, 0.15) is 39.5 Å². The Morgan fingerprint density at radius 3 is 2.47 bits per heavy atom. The van der Waals surface area contributed by atoms with Crippen LogP contribution >= 0.6 is 15.9 Å². The molecule has 2 unspecified atom stereocenters. The summed E-state index contributed by atoms with van der Waals surface area (Å²) in [6.07, 6.45) is 4.50. The van der Waals surface area contributed by atoms with Crippen LogP contribution in [0.15, 0.2) is 0 Å². The number of sulfonamides is 1. The smallest absolute Gasteiger partial charge is 0.212 e. The van der Waals surface area contributed by atoms with Crippen LogP contribution in [0.25, 0.3) is 0 Å². The van der Waals surface area contributed by atoms with Crippen LogP contribution in [0, 0.1) is 11.8 Å². The highest BCUT2D eigenvalue weighted by molar-refractivity contribution is 9.10. The Hall–Kier alpha value is 0.390. The van der Waals surface area contributed by atoms with Gasteiger partial charge in [-0.15, -0.1) is 0 Å². The number of rotatable bonds is 4. The van der Waals surface area contributed by atoms with E-state index in [2.05, 4.69) is 34.5 Å². The van der Waals surface area contributed by atoms with Gasteiger partial charge in [0.05, 0.1) is 0 Å². The fourth-order valence-corrected chi connectivity index (χ4v) is 3.58. The second kappa shape index (κ2) is 5.64. The van der Waals surface area contributed by atoms with Crippen LogP contribution in [0.5, 0.6) is 0 Å². The summed E-state index contributed by atoms with van der Waals surface area (Å²) in [7, 11) is -3.12. The molecule has 1 N–H and O–H groups in total. The summed E-state index contributed by atoms with van der Waals surface area (Å²) in [5.41, 5.74) is 0. The van der Waals surface area contributed by atoms with E-state index < -0.39 is 10.0 Å². The Labute approximate surface area is 101 Å². The molecule has 0 spiro atoms. The van der Waals surface area contributed by atoms with Crippen molar-refractivity contribution >= 4 is 26.0 Å². The van der Waals surface area contributed by atoms with Gasteiger partial charge in [0.25, 0.3) is 0 Å². The molecule has 0 heterocycles. The lowest BCUT2D eigenvalue weighted by molar-refractivity contribution is 0.226. The molecule has 2 atom stereocenters. The van der Waals surface area contributed by atoms with Gasteiger partial charge in [0, 0.05) is 6.04 Å². The fraction of sp³-hybridized carbons (Fsp3) is 1.00. The van der Waals surface area contributed by atoms with E-state index in [1.54, 1.807) is 0 Å². The minimum Gasteiger partial charge on any atom is -0.212 e. The molecule has 0 radical (unpaired) electrons. The molecule has 5 heteroatoms. The fourth-order valence-electron chi connectivity index (χ4n) is 2.37. The molecule has 90 valence electrons. The third-order valence-corrected chi connectivity index (χ3v) is 5.91. The van der Waals surface area contributed by atoms with Crippen molar-refractivity contribution < 1.29 is 8.42 Å². The standard InChI is InChI=1S/C10H20BrNO2S/c1-8(2)9-5-3-4-6-10(9)12-15(13,14)7-11/h8-10,12H,3-7H2,1-2H3. The van der Waals surface area contributed by atoms with Gasteiger partial charge in [0.1, 0.15) is 4.66 Å². The number of hydrogen-bond donors (Lipinski definition) is 1. The maximum Gasteiger partial charge on any atom is 0.221 e. The topological polar surface area (TPSA) is 46.2 Å². The van der Waals surface area contributed by atoms with Crippen LogP contribution in [0.4, 0.5) is 0 Å². The van der Waals surface area contributed by atoms with Crippen LogP contribution in [0.2, 0.25) is 0 Å². The van der Waals surface area contributed by atoms with Crippen molar-refractivity contribution in [1.82, 2.24) is 4.72 Å². The average Bonchev–Trinajstić information content (AvgIpc) is 2.18. The van der Waals surface area contributed by atoms with E-state index in [0.29, 0.717) is 11.8 Å². The van der Waals surface area contributed by atoms with Crippen molar-refractivity contribution in [2.45, 2.75) is 45.6 Å². The number of nitrogens with one attached hydrogen (secondary N) is 1. The zero-order valence-corrected chi connectivity index (χ0v) is 11.8. The first kappa shape index (κ1) is 13.5. The van der Waals surface area contributed by atoms with Crippen molar-refractivity contribution in [1.29, 1.82) is 0 Å². The summed E-state index contributed by atoms with van der Waals surface area (Å²) < 4.78 is 25.8. The van der Waals surface area contributed by atoms with E-state index in [-0.39, 0.29) is 10.7 Å². The van der Waals surface area contributed by atoms with Crippen molar-refractivity contribution in [2.75, 3.05) is 4.66 Å². The Morgan fingerprint density at radius 1 is 1.33 bits per heavy atom. The van der Waals surface area contributed by atoms with E-state index in [4.69, 9.17) is 0 Å². The molecule has 1 fully saturated rings. The molecule has 1 saturated carbocycles. The average molecular weight is 298 g/mol. The molecule has 0 aromatic rings. The molecule has 1 aliphatic rings. The minimum absolute atomic E-state index is 0.00130. The van der Waals surface area contributed by atoms with Crippen molar-refractivity contribution in [3.63, 3.8) is 0 Å². The quantitative estimate of drug-likeness (QED) is 0.810. The van der Waals surface area contributed by atoms with E-state index >= 15 is 0 Å². The van der Waals surface area contributed by atoms with E-state index in [0.717, 1.165) is 19.3 Å². The Kier molecular flexibility index (Phi) is 5.06. The highest BCUT2D eigenvalue weighted by atomic mass is 79.9. The van der Waals surface area contributed by atoms with Crippen LogP contribution in [0.3, 0.4) is 0 Å². The third kappa shape index (κ3) is 4.04. The van der Waals surface area contributed by atoms with Gasteiger partial charge in [0.2, 0.25) is 10.0 Å². The predicted molar refractivity (Wildman–Crippen MR) is 66.4 cm³/mol. The number of alkyl halides is 1. The van der Waals surface area contributed by atoms with Crippen molar-refractivity contribution in [3.05, 3.63) is 0 Å². The molecule has 3 nitrogen and oxygen atoms in total. The lowest BCUT2D eigenvalue weighted by Crippen LogP contribution is -2.44. The molecular formula is C10H20BrNO2S. The van der Waals surface area contributed by atoms with Gasteiger partial charge in [-0.25, -0.2) is 13.1 Å². The molecule has 0 aliphatic heterocycles. The molecule has 0 saturated heterocycles. The van der Waals surface area contributed by atoms with Gasteiger partial charge in [-0.1, -0.05) is 42.6 Å². The molecule has 0 bridgehead atoms. The second-order valence-corrected chi connectivity index (χ2v) is 7.70. The van der Waals surface area contributed by atoms with E-state index in [1.807, 2.05) is 0 Å². The monoisotopic (exact) mass is 297 g/mol. The maximum atomic E-state index is 11.5. The minimum atomic E-state index is -3.12. The molecule has 0 aromatic carbocycles. The van der Waals surface area contributed by atoms with E-state index in [9.17, 15) is 8.42 Å². The molecule has 0 amide bonds. The summed E-state index contributed by atoms with van der Waals surface area (Å²) in [4.78, 5) is 0. The summed E-state index contributed by atoms with van der Waals surface area (Å²) >= 11 is 3.00. The Bertz CT molecular complexity index is 290. The highest BCUT2D eigenvalue weighted by Gasteiger charge is 2.30. The number of hydrogen-bond acceptors (Lipinski definition) is 2. The molecule has 1 aliphatic carbocycles.